The van der Waals surface area contributed by atoms with Crippen molar-refractivity contribution < 1.29 is 9.18 Å². The molecule has 4 rings (SSSR count). The lowest BCUT2D eigenvalue weighted by molar-refractivity contribution is -0.113. The van der Waals surface area contributed by atoms with E-state index < -0.39 is 0 Å². The highest BCUT2D eigenvalue weighted by Gasteiger charge is 2.18. The van der Waals surface area contributed by atoms with Gasteiger partial charge >= 0.3 is 0 Å². The van der Waals surface area contributed by atoms with Crippen molar-refractivity contribution in [2.24, 2.45) is 0 Å². The van der Waals surface area contributed by atoms with Crippen molar-refractivity contribution in [2.75, 3.05) is 11.1 Å². The van der Waals surface area contributed by atoms with Gasteiger partial charge in [-0.15, -0.1) is 10.2 Å². The second-order valence-electron chi connectivity index (χ2n) is 6.30. The van der Waals surface area contributed by atoms with Crippen LogP contribution in [0, 0.1) is 5.82 Å². The van der Waals surface area contributed by atoms with Crippen molar-refractivity contribution in [3.05, 3.63) is 89.2 Å². The van der Waals surface area contributed by atoms with Crippen LogP contribution < -0.4 is 5.32 Å². The van der Waals surface area contributed by atoms with Crippen LogP contribution in [0.5, 0.6) is 0 Å². The van der Waals surface area contributed by atoms with E-state index in [-0.39, 0.29) is 17.5 Å². The maximum absolute atomic E-state index is 13.0. The Morgan fingerprint density at radius 2 is 1.67 bits per heavy atom. The van der Waals surface area contributed by atoms with Gasteiger partial charge < -0.3 is 5.32 Å². The summed E-state index contributed by atoms with van der Waals surface area (Å²) in [5.41, 5.74) is 2.34. The van der Waals surface area contributed by atoms with Crippen molar-refractivity contribution in [3.63, 3.8) is 0 Å². The standard InChI is InChI=1S/C22H16BrFN4OS/c23-19-9-5-4-8-18(19)21-26-27-22(28(21)17-6-2-1-3-7-17)30-14-20(29)25-16-12-10-15(24)11-13-16/h1-13H,14H2,(H,25,29). The molecule has 0 spiro atoms. The molecule has 0 aliphatic heterocycles. The normalized spacial score (nSPS) is 10.7. The number of nitrogens with one attached hydrogen (secondary N) is 1. The van der Waals surface area contributed by atoms with E-state index in [4.69, 9.17) is 0 Å². The molecule has 1 heterocycles. The van der Waals surface area contributed by atoms with Gasteiger partial charge in [0.1, 0.15) is 5.82 Å². The number of benzene rings is 3. The van der Waals surface area contributed by atoms with Crippen molar-refractivity contribution in [2.45, 2.75) is 5.16 Å². The second-order valence-corrected chi connectivity index (χ2v) is 8.10. The lowest BCUT2D eigenvalue weighted by Gasteiger charge is -2.11. The highest BCUT2D eigenvalue weighted by molar-refractivity contribution is 9.10. The van der Waals surface area contributed by atoms with Gasteiger partial charge in [-0.2, -0.15) is 0 Å². The first kappa shape index (κ1) is 20.3. The third kappa shape index (κ3) is 4.60. The molecule has 1 aromatic heterocycles. The largest absolute Gasteiger partial charge is 0.325 e. The van der Waals surface area contributed by atoms with E-state index >= 15 is 0 Å². The highest BCUT2D eigenvalue weighted by atomic mass is 79.9. The Bertz CT molecular complexity index is 1170. The van der Waals surface area contributed by atoms with Gasteiger partial charge in [0.2, 0.25) is 5.91 Å². The van der Waals surface area contributed by atoms with Crippen LogP contribution in [0.1, 0.15) is 0 Å². The fourth-order valence-electron chi connectivity index (χ4n) is 2.85. The number of halogens is 2. The molecule has 0 saturated heterocycles. The molecular formula is C22H16BrFN4OS. The Labute approximate surface area is 185 Å². The number of hydrogen-bond acceptors (Lipinski definition) is 4. The molecule has 4 aromatic rings. The minimum absolute atomic E-state index is 0.137. The Kier molecular flexibility index (Phi) is 6.25. The summed E-state index contributed by atoms with van der Waals surface area (Å²) in [5, 5.41) is 12.1. The van der Waals surface area contributed by atoms with Gasteiger partial charge in [-0.1, -0.05) is 64.1 Å². The van der Waals surface area contributed by atoms with Crippen molar-refractivity contribution in [3.8, 4) is 17.1 Å². The third-order valence-electron chi connectivity index (χ3n) is 4.22. The van der Waals surface area contributed by atoms with Gasteiger partial charge in [0.25, 0.3) is 0 Å². The van der Waals surface area contributed by atoms with E-state index in [0.717, 1.165) is 15.7 Å². The van der Waals surface area contributed by atoms with E-state index in [1.165, 1.54) is 36.0 Å². The first-order valence-corrected chi connectivity index (χ1v) is 10.8. The third-order valence-corrected chi connectivity index (χ3v) is 5.84. The van der Waals surface area contributed by atoms with E-state index in [1.807, 2.05) is 59.2 Å². The molecule has 0 atom stereocenters. The molecule has 0 fully saturated rings. The first-order valence-electron chi connectivity index (χ1n) is 9.06. The fourth-order valence-corrected chi connectivity index (χ4v) is 4.06. The summed E-state index contributed by atoms with van der Waals surface area (Å²) < 4.78 is 15.9. The monoisotopic (exact) mass is 482 g/mol. The van der Waals surface area contributed by atoms with Gasteiger partial charge in [-0.3, -0.25) is 9.36 Å². The van der Waals surface area contributed by atoms with Crippen LogP contribution in [0.25, 0.3) is 17.1 Å². The zero-order valence-corrected chi connectivity index (χ0v) is 18.0. The second kappa shape index (κ2) is 9.23. The van der Waals surface area contributed by atoms with Crippen molar-refractivity contribution in [1.82, 2.24) is 14.8 Å². The van der Waals surface area contributed by atoms with Crippen LogP contribution in [-0.2, 0) is 4.79 Å². The van der Waals surface area contributed by atoms with Crippen LogP contribution in [0.4, 0.5) is 10.1 Å². The summed E-state index contributed by atoms with van der Waals surface area (Å²) in [6.07, 6.45) is 0. The number of anilines is 1. The number of nitrogens with zero attached hydrogens (tertiary/aromatic N) is 3. The zero-order valence-electron chi connectivity index (χ0n) is 15.6. The summed E-state index contributed by atoms with van der Waals surface area (Å²) in [4.78, 5) is 12.4. The molecule has 1 amide bonds. The summed E-state index contributed by atoms with van der Waals surface area (Å²) in [5.74, 6) is 0.253. The molecule has 0 bridgehead atoms. The number of para-hydroxylation sites is 1. The van der Waals surface area contributed by atoms with Crippen molar-refractivity contribution in [1.29, 1.82) is 0 Å². The van der Waals surface area contributed by atoms with Crippen molar-refractivity contribution >= 4 is 39.3 Å². The maximum Gasteiger partial charge on any atom is 0.234 e. The molecule has 30 heavy (non-hydrogen) atoms. The fraction of sp³-hybridized carbons (Fsp3) is 0.0455. The number of carbonyl (C=O) groups is 1. The van der Waals surface area contributed by atoms with Gasteiger partial charge in [0, 0.05) is 21.4 Å². The van der Waals surface area contributed by atoms with Gasteiger partial charge in [-0.05, 0) is 42.5 Å². The lowest BCUT2D eigenvalue weighted by atomic mass is 10.2. The van der Waals surface area contributed by atoms with Crippen LogP contribution in [0.2, 0.25) is 0 Å². The minimum atomic E-state index is -0.349. The number of amides is 1. The van der Waals surface area contributed by atoms with Gasteiger partial charge in [0.05, 0.1) is 5.75 Å². The smallest absolute Gasteiger partial charge is 0.234 e. The number of carbonyl (C=O) groups excluding carboxylic acids is 1. The zero-order chi connectivity index (χ0) is 20.9. The molecule has 0 aliphatic carbocycles. The van der Waals surface area contributed by atoms with E-state index in [2.05, 4.69) is 31.4 Å². The molecule has 150 valence electrons. The average Bonchev–Trinajstić information content (AvgIpc) is 3.18. The van der Waals surface area contributed by atoms with Gasteiger partial charge in [-0.25, -0.2) is 4.39 Å². The Morgan fingerprint density at radius 3 is 2.40 bits per heavy atom. The average molecular weight is 483 g/mol. The molecular weight excluding hydrogens is 467 g/mol. The summed E-state index contributed by atoms with van der Waals surface area (Å²) in [6, 6.07) is 23.2. The van der Waals surface area contributed by atoms with Crippen LogP contribution in [0.3, 0.4) is 0 Å². The minimum Gasteiger partial charge on any atom is -0.325 e. The number of thioether (sulfide) groups is 1. The molecule has 0 aliphatic rings. The summed E-state index contributed by atoms with van der Waals surface area (Å²) in [6.45, 7) is 0. The Hall–Kier alpha value is -2.97. The van der Waals surface area contributed by atoms with Crippen LogP contribution in [0.15, 0.2) is 88.5 Å². The Morgan fingerprint density at radius 1 is 0.967 bits per heavy atom. The maximum atomic E-state index is 13.0. The summed E-state index contributed by atoms with van der Waals surface area (Å²) >= 11 is 4.86. The molecule has 0 radical (unpaired) electrons. The van der Waals surface area contributed by atoms with Gasteiger partial charge in [0.15, 0.2) is 11.0 Å². The molecule has 8 heteroatoms. The van der Waals surface area contributed by atoms with E-state index in [9.17, 15) is 9.18 Å². The molecule has 3 aromatic carbocycles. The predicted molar refractivity (Wildman–Crippen MR) is 120 cm³/mol. The van der Waals surface area contributed by atoms with E-state index in [0.29, 0.717) is 16.7 Å². The first-order chi connectivity index (χ1) is 14.6. The molecule has 1 N–H and O–H groups in total. The topological polar surface area (TPSA) is 59.8 Å². The quantitative estimate of drug-likeness (QED) is 0.365. The SMILES string of the molecule is O=C(CSc1nnc(-c2ccccc2Br)n1-c1ccccc1)Nc1ccc(F)cc1. The molecule has 0 unspecified atom stereocenters. The van der Waals surface area contributed by atoms with Crippen LogP contribution in [-0.4, -0.2) is 26.4 Å². The molecule has 5 nitrogen and oxygen atoms in total. The summed E-state index contributed by atoms with van der Waals surface area (Å²) in [7, 11) is 0. The molecule has 0 saturated carbocycles. The van der Waals surface area contributed by atoms with Crippen LogP contribution >= 0.6 is 27.7 Å². The number of rotatable bonds is 6. The number of aromatic nitrogens is 3. The predicted octanol–water partition coefficient (Wildman–Crippen LogP) is 5.57. The Balaban J connectivity index is 1.59. The number of hydrogen-bond donors (Lipinski definition) is 1. The van der Waals surface area contributed by atoms with E-state index in [1.54, 1.807) is 0 Å². The highest BCUT2D eigenvalue weighted by Crippen LogP contribution is 2.32. The lowest BCUT2D eigenvalue weighted by Crippen LogP contribution is -2.14.